The largest absolute Gasteiger partial charge is 0.436 e. The van der Waals surface area contributed by atoms with Crippen LogP contribution in [0.15, 0.2) is 0 Å². The van der Waals surface area contributed by atoms with Gasteiger partial charge in [0.2, 0.25) is 0 Å². The van der Waals surface area contributed by atoms with Gasteiger partial charge in [-0.1, -0.05) is 27.7 Å². The van der Waals surface area contributed by atoms with Crippen molar-refractivity contribution < 1.29 is 8.23 Å². The summed E-state index contributed by atoms with van der Waals surface area (Å²) >= 11 is 11.8. The normalized spacial score (nSPS) is 14.1. The zero-order chi connectivity index (χ0) is 18.3. The van der Waals surface area contributed by atoms with Crippen LogP contribution in [0.3, 0.4) is 0 Å². The number of halogens is 2. The standard InChI is InChI=1S/C16H38Cl2O2Si3/c1-15(2)23(16(3)4,19-21(5,6)13-9-11-17)20-22(7,8)14-10-12-18/h15-16H,9-14H2,1-8H3. The molecule has 7 heteroatoms. The van der Waals surface area contributed by atoms with Crippen LogP contribution in [0, 0.1) is 0 Å². The van der Waals surface area contributed by atoms with Gasteiger partial charge in [0, 0.05) is 11.8 Å². The van der Waals surface area contributed by atoms with E-state index >= 15 is 0 Å². The van der Waals surface area contributed by atoms with E-state index in [1.807, 2.05) is 0 Å². The van der Waals surface area contributed by atoms with Gasteiger partial charge in [-0.2, -0.15) is 0 Å². The topological polar surface area (TPSA) is 18.5 Å². The second kappa shape index (κ2) is 10.3. The average Bonchev–Trinajstić information content (AvgIpc) is 2.41. The molecule has 140 valence electrons. The summed E-state index contributed by atoms with van der Waals surface area (Å²) in [5.41, 5.74) is 0.904. The number of alkyl halides is 2. The maximum absolute atomic E-state index is 6.97. The lowest BCUT2D eigenvalue weighted by Crippen LogP contribution is -2.59. The van der Waals surface area contributed by atoms with Gasteiger partial charge in [0.1, 0.15) is 0 Å². The molecule has 0 aromatic rings. The summed E-state index contributed by atoms with van der Waals surface area (Å²) in [7, 11) is -5.82. The molecule has 0 saturated heterocycles. The Kier molecular flexibility index (Phi) is 10.9. The van der Waals surface area contributed by atoms with Gasteiger partial charge in [0.15, 0.2) is 16.6 Å². The lowest BCUT2D eigenvalue weighted by atomic mass is 10.5. The van der Waals surface area contributed by atoms with E-state index in [0.717, 1.165) is 24.9 Å². The fourth-order valence-electron chi connectivity index (χ4n) is 3.11. The van der Waals surface area contributed by atoms with E-state index in [-0.39, 0.29) is 0 Å². The van der Waals surface area contributed by atoms with E-state index in [4.69, 9.17) is 31.4 Å². The molecule has 0 aliphatic heterocycles. The Labute approximate surface area is 158 Å². The van der Waals surface area contributed by atoms with Crippen LogP contribution in [-0.2, 0) is 8.23 Å². The molecule has 0 saturated carbocycles. The molecular formula is C16H38Cl2O2Si3. The van der Waals surface area contributed by atoms with Crippen molar-refractivity contribution in [3.05, 3.63) is 0 Å². The van der Waals surface area contributed by atoms with Gasteiger partial charge in [-0.25, -0.2) is 0 Å². The Hall–Kier alpha value is 1.15. The molecule has 0 rings (SSSR count). The first-order chi connectivity index (χ1) is 10.4. The molecule has 0 aliphatic carbocycles. The van der Waals surface area contributed by atoms with Crippen molar-refractivity contribution in [2.45, 2.75) is 89.9 Å². The summed E-state index contributed by atoms with van der Waals surface area (Å²) in [6.07, 6.45) is 2.07. The highest BCUT2D eigenvalue weighted by Gasteiger charge is 2.51. The Bertz CT molecular complexity index is 305. The van der Waals surface area contributed by atoms with Crippen molar-refractivity contribution in [1.29, 1.82) is 0 Å². The average molecular weight is 418 g/mol. The van der Waals surface area contributed by atoms with Crippen LogP contribution < -0.4 is 0 Å². The van der Waals surface area contributed by atoms with Crippen molar-refractivity contribution >= 4 is 48.4 Å². The Morgan fingerprint density at radius 1 is 0.696 bits per heavy atom. The molecule has 0 amide bonds. The summed E-state index contributed by atoms with van der Waals surface area (Å²) in [5, 5.41) is 0. The summed E-state index contributed by atoms with van der Waals surface area (Å²) < 4.78 is 13.9. The van der Waals surface area contributed by atoms with Gasteiger partial charge >= 0.3 is 8.56 Å². The molecule has 2 nitrogen and oxygen atoms in total. The first-order valence-electron chi connectivity index (χ1n) is 8.94. The zero-order valence-corrected chi connectivity index (χ0v) is 21.0. The molecule has 0 aromatic carbocycles. The fraction of sp³-hybridized carbons (Fsp3) is 1.00. The number of hydrogen-bond acceptors (Lipinski definition) is 2. The van der Waals surface area contributed by atoms with Crippen LogP contribution >= 0.6 is 23.2 Å². The van der Waals surface area contributed by atoms with Crippen LogP contribution in [0.1, 0.15) is 40.5 Å². The van der Waals surface area contributed by atoms with Gasteiger partial charge in [-0.15, -0.1) is 23.2 Å². The van der Waals surface area contributed by atoms with Gasteiger partial charge in [-0.05, 0) is 62.2 Å². The van der Waals surface area contributed by atoms with Crippen LogP contribution in [0.4, 0.5) is 0 Å². The molecule has 0 aromatic heterocycles. The van der Waals surface area contributed by atoms with Gasteiger partial charge in [0.05, 0.1) is 0 Å². The quantitative estimate of drug-likeness (QED) is 0.253. The molecule has 23 heavy (non-hydrogen) atoms. The molecule has 0 radical (unpaired) electrons. The Balaban J connectivity index is 5.40. The van der Waals surface area contributed by atoms with Gasteiger partial charge in [0.25, 0.3) is 0 Å². The zero-order valence-electron chi connectivity index (χ0n) is 16.5. The number of hydrogen-bond donors (Lipinski definition) is 0. The number of rotatable bonds is 12. The van der Waals surface area contributed by atoms with E-state index in [9.17, 15) is 0 Å². The van der Waals surface area contributed by atoms with E-state index in [2.05, 4.69) is 53.9 Å². The third-order valence-electron chi connectivity index (χ3n) is 4.31. The molecule has 0 unspecified atom stereocenters. The fourth-order valence-corrected chi connectivity index (χ4v) is 19.3. The second-order valence-corrected chi connectivity index (χ2v) is 22.5. The first kappa shape index (κ1) is 24.2. The van der Waals surface area contributed by atoms with Gasteiger partial charge in [-0.3, -0.25) is 0 Å². The van der Waals surface area contributed by atoms with Crippen molar-refractivity contribution in [2.75, 3.05) is 11.8 Å². The minimum Gasteiger partial charge on any atom is -0.436 e. The maximum atomic E-state index is 6.97. The van der Waals surface area contributed by atoms with Crippen LogP contribution in [0.2, 0.25) is 49.4 Å². The lowest BCUT2D eigenvalue weighted by molar-refractivity contribution is 0.339. The maximum Gasteiger partial charge on any atom is 0.322 e. The predicted octanol–water partition coefficient (Wildman–Crippen LogP) is 6.95. The van der Waals surface area contributed by atoms with E-state index in [1.54, 1.807) is 0 Å². The van der Waals surface area contributed by atoms with E-state index < -0.39 is 25.2 Å². The molecule has 0 spiro atoms. The monoisotopic (exact) mass is 416 g/mol. The third-order valence-corrected chi connectivity index (χ3v) is 18.1. The van der Waals surface area contributed by atoms with Crippen molar-refractivity contribution in [2.24, 2.45) is 0 Å². The van der Waals surface area contributed by atoms with Crippen LogP contribution in [-0.4, -0.2) is 37.0 Å². The smallest absolute Gasteiger partial charge is 0.322 e. The highest BCUT2D eigenvalue weighted by atomic mass is 35.5. The van der Waals surface area contributed by atoms with Crippen molar-refractivity contribution in [3.63, 3.8) is 0 Å². The molecule has 0 aliphatic rings. The lowest BCUT2D eigenvalue weighted by Gasteiger charge is -2.47. The first-order valence-corrected chi connectivity index (χ1v) is 18.2. The minimum absolute atomic E-state index is 0.452. The predicted molar refractivity (Wildman–Crippen MR) is 113 cm³/mol. The molecular weight excluding hydrogens is 379 g/mol. The van der Waals surface area contributed by atoms with Crippen LogP contribution in [0.25, 0.3) is 0 Å². The Morgan fingerprint density at radius 2 is 1.00 bits per heavy atom. The third kappa shape index (κ3) is 8.38. The molecule has 0 fully saturated rings. The summed E-state index contributed by atoms with van der Waals surface area (Å²) in [4.78, 5) is 0. The summed E-state index contributed by atoms with van der Waals surface area (Å²) in [6, 6.07) is 2.22. The Morgan fingerprint density at radius 3 is 1.22 bits per heavy atom. The van der Waals surface area contributed by atoms with E-state index in [0.29, 0.717) is 22.8 Å². The van der Waals surface area contributed by atoms with Gasteiger partial charge < -0.3 is 8.23 Å². The summed E-state index contributed by atoms with van der Waals surface area (Å²) in [6.45, 7) is 18.4. The van der Waals surface area contributed by atoms with Crippen LogP contribution in [0.5, 0.6) is 0 Å². The molecule has 0 atom stereocenters. The minimum atomic E-state index is -2.28. The highest BCUT2D eigenvalue weighted by molar-refractivity contribution is 6.90. The summed E-state index contributed by atoms with van der Waals surface area (Å²) in [5.74, 6) is 1.43. The highest BCUT2D eigenvalue weighted by Crippen LogP contribution is 2.40. The van der Waals surface area contributed by atoms with Crippen molar-refractivity contribution in [3.8, 4) is 0 Å². The second-order valence-electron chi connectivity index (χ2n) is 8.34. The van der Waals surface area contributed by atoms with Crippen molar-refractivity contribution in [1.82, 2.24) is 0 Å². The van der Waals surface area contributed by atoms with E-state index in [1.165, 1.54) is 0 Å². The molecule has 0 bridgehead atoms. The molecule has 0 N–H and O–H groups in total. The SMILES string of the molecule is CC(C)[Si](O[Si](C)(C)CCCCl)(O[Si](C)(C)CCCCl)C(C)C. The molecule has 0 heterocycles.